The second-order valence-electron chi connectivity index (χ2n) is 8.34. The van der Waals surface area contributed by atoms with Gasteiger partial charge in [0.2, 0.25) is 0 Å². The summed E-state index contributed by atoms with van der Waals surface area (Å²) in [7, 11) is 0. The lowest BCUT2D eigenvalue weighted by atomic mass is 9.90. The highest BCUT2D eigenvalue weighted by Crippen LogP contribution is 2.30. The molecule has 3 heterocycles. The minimum Gasteiger partial charge on any atom is -0.308 e. The van der Waals surface area contributed by atoms with E-state index in [1.807, 2.05) is 48.7 Å². The average Bonchev–Trinajstić information content (AvgIpc) is 3.08. The molecule has 0 spiro atoms. The fourth-order valence-electron chi connectivity index (χ4n) is 3.41. The van der Waals surface area contributed by atoms with Gasteiger partial charge in [-0.15, -0.1) is 0 Å². The Balaban J connectivity index is 1.73. The van der Waals surface area contributed by atoms with Gasteiger partial charge < -0.3 is 10.3 Å². The maximum absolute atomic E-state index is 12.8. The molecule has 0 saturated carbocycles. The number of H-pyrrole nitrogens is 1. The number of nitrogens with one attached hydrogen (secondary N) is 2. The Morgan fingerprint density at radius 2 is 1.90 bits per heavy atom. The van der Waals surface area contributed by atoms with Crippen molar-refractivity contribution < 1.29 is 0 Å². The molecule has 0 fully saturated rings. The van der Waals surface area contributed by atoms with E-state index >= 15 is 0 Å². The van der Waals surface area contributed by atoms with E-state index < -0.39 is 0 Å². The van der Waals surface area contributed by atoms with Crippen molar-refractivity contribution in [3.05, 3.63) is 87.1 Å². The maximum atomic E-state index is 12.8. The van der Waals surface area contributed by atoms with Crippen LogP contribution in [0.15, 0.2) is 59.7 Å². The number of fused-ring (bicyclic) bond motifs is 1. The topological polar surface area (TPSA) is 75.6 Å². The lowest BCUT2D eigenvalue weighted by molar-refractivity contribution is 0.565. The number of hydrogen-bond donors (Lipinski definition) is 2. The molecule has 0 unspecified atom stereocenters. The third-order valence-electron chi connectivity index (χ3n) is 4.91. The first kappa shape index (κ1) is 20.3. The highest BCUT2D eigenvalue weighted by Gasteiger charge is 2.24. The summed E-state index contributed by atoms with van der Waals surface area (Å²) in [4.78, 5) is 20.0. The van der Waals surface area contributed by atoms with Gasteiger partial charge in [0.15, 0.2) is 0 Å². The van der Waals surface area contributed by atoms with Crippen LogP contribution in [-0.2, 0) is 18.5 Å². The zero-order chi connectivity index (χ0) is 21.3. The molecule has 4 rings (SSSR count). The second-order valence-corrected chi connectivity index (χ2v) is 8.77. The molecule has 7 heteroatoms. The van der Waals surface area contributed by atoms with Crippen LogP contribution in [0.4, 0.5) is 0 Å². The van der Waals surface area contributed by atoms with Crippen LogP contribution in [0.2, 0.25) is 5.02 Å². The van der Waals surface area contributed by atoms with E-state index in [0.29, 0.717) is 29.3 Å². The van der Waals surface area contributed by atoms with Crippen LogP contribution in [0.3, 0.4) is 0 Å². The van der Waals surface area contributed by atoms with Crippen LogP contribution in [0.25, 0.3) is 16.7 Å². The second kappa shape index (κ2) is 8.05. The van der Waals surface area contributed by atoms with E-state index in [1.54, 1.807) is 10.9 Å². The normalized spacial score (nSPS) is 11.9. The Hall–Kier alpha value is -2.96. The zero-order valence-electron chi connectivity index (χ0n) is 17.2. The van der Waals surface area contributed by atoms with Gasteiger partial charge in [0.05, 0.1) is 11.4 Å². The summed E-state index contributed by atoms with van der Waals surface area (Å²) in [6, 6.07) is 13.3. The lowest BCUT2D eigenvalue weighted by Crippen LogP contribution is -2.21. The monoisotopic (exact) mass is 421 g/mol. The largest absolute Gasteiger partial charge is 0.308 e. The first-order chi connectivity index (χ1) is 14.3. The van der Waals surface area contributed by atoms with Gasteiger partial charge in [0, 0.05) is 46.9 Å². The van der Waals surface area contributed by atoms with Gasteiger partial charge in [-0.1, -0.05) is 38.4 Å². The summed E-state index contributed by atoms with van der Waals surface area (Å²) in [5, 5.41) is 9.76. The molecule has 154 valence electrons. The van der Waals surface area contributed by atoms with Crippen LogP contribution in [-0.4, -0.2) is 19.7 Å². The number of halogens is 1. The molecular weight excluding hydrogens is 398 g/mol. The molecule has 3 aromatic heterocycles. The molecule has 0 aliphatic heterocycles. The van der Waals surface area contributed by atoms with Crippen molar-refractivity contribution in [2.45, 2.75) is 39.3 Å². The highest BCUT2D eigenvalue weighted by molar-refractivity contribution is 6.30. The summed E-state index contributed by atoms with van der Waals surface area (Å²) >= 11 is 6.04. The van der Waals surface area contributed by atoms with Crippen molar-refractivity contribution in [3.8, 4) is 5.69 Å². The van der Waals surface area contributed by atoms with E-state index in [1.165, 1.54) is 0 Å². The standard InChI is InChI=1S/C23H24ClN5O/c1-23(2,3)20-19-11-16(14-26-13-15-5-4-10-25-12-15)22(30)27-21(19)29(28-20)18-8-6-17(24)7-9-18/h4-12,26H,13-14H2,1-3H3,(H,27,30). The molecule has 0 aliphatic carbocycles. The fourth-order valence-corrected chi connectivity index (χ4v) is 3.54. The van der Waals surface area contributed by atoms with Crippen molar-refractivity contribution in [3.63, 3.8) is 0 Å². The van der Waals surface area contributed by atoms with Crippen LogP contribution in [0.1, 0.15) is 37.6 Å². The van der Waals surface area contributed by atoms with Crippen LogP contribution >= 0.6 is 11.6 Å². The molecule has 0 atom stereocenters. The predicted molar refractivity (Wildman–Crippen MR) is 120 cm³/mol. The molecule has 30 heavy (non-hydrogen) atoms. The minimum atomic E-state index is -0.186. The number of pyridine rings is 2. The van der Waals surface area contributed by atoms with Crippen LogP contribution in [0.5, 0.6) is 0 Å². The first-order valence-electron chi connectivity index (χ1n) is 9.84. The van der Waals surface area contributed by atoms with E-state index in [4.69, 9.17) is 16.7 Å². The van der Waals surface area contributed by atoms with Crippen molar-refractivity contribution in [1.82, 2.24) is 25.1 Å². The van der Waals surface area contributed by atoms with Gasteiger partial charge in [0.25, 0.3) is 5.56 Å². The molecule has 0 aliphatic rings. The van der Waals surface area contributed by atoms with Gasteiger partial charge in [-0.25, -0.2) is 4.68 Å². The van der Waals surface area contributed by atoms with E-state index in [9.17, 15) is 4.79 Å². The van der Waals surface area contributed by atoms with E-state index in [-0.39, 0.29) is 11.0 Å². The Morgan fingerprint density at radius 1 is 1.13 bits per heavy atom. The van der Waals surface area contributed by atoms with E-state index in [0.717, 1.165) is 22.3 Å². The smallest absolute Gasteiger partial charge is 0.254 e. The molecule has 0 amide bonds. The highest BCUT2D eigenvalue weighted by atomic mass is 35.5. The number of hydrogen-bond acceptors (Lipinski definition) is 4. The lowest BCUT2D eigenvalue weighted by Gasteiger charge is -2.15. The Bertz CT molecular complexity index is 1220. The number of aromatic nitrogens is 4. The molecule has 2 N–H and O–H groups in total. The Labute approximate surface area is 179 Å². The third-order valence-corrected chi connectivity index (χ3v) is 5.17. The van der Waals surface area contributed by atoms with Crippen molar-refractivity contribution in [2.75, 3.05) is 0 Å². The quantitative estimate of drug-likeness (QED) is 0.502. The van der Waals surface area contributed by atoms with E-state index in [2.05, 4.69) is 36.1 Å². The Kier molecular flexibility index (Phi) is 5.45. The SMILES string of the molecule is CC(C)(C)c1nn(-c2ccc(Cl)cc2)c2[nH]c(=O)c(CNCc3cccnc3)cc12. The van der Waals surface area contributed by atoms with Gasteiger partial charge in [0.1, 0.15) is 5.65 Å². The summed E-state index contributed by atoms with van der Waals surface area (Å²) in [6.07, 6.45) is 3.56. The Morgan fingerprint density at radius 3 is 2.57 bits per heavy atom. The van der Waals surface area contributed by atoms with Crippen molar-refractivity contribution >= 4 is 22.6 Å². The molecule has 1 aromatic carbocycles. The number of nitrogens with zero attached hydrogens (tertiary/aromatic N) is 3. The summed E-state index contributed by atoms with van der Waals surface area (Å²) in [6.45, 7) is 7.45. The van der Waals surface area contributed by atoms with Gasteiger partial charge in [-0.2, -0.15) is 5.10 Å². The molecule has 6 nitrogen and oxygen atoms in total. The fraction of sp³-hybridized carbons (Fsp3) is 0.261. The van der Waals surface area contributed by atoms with Gasteiger partial charge in [-0.05, 0) is 42.0 Å². The van der Waals surface area contributed by atoms with Crippen molar-refractivity contribution in [2.24, 2.45) is 0 Å². The minimum absolute atomic E-state index is 0.128. The maximum Gasteiger partial charge on any atom is 0.254 e. The number of benzene rings is 1. The molecule has 0 bridgehead atoms. The van der Waals surface area contributed by atoms with Crippen LogP contribution < -0.4 is 10.9 Å². The third kappa shape index (κ3) is 4.15. The molecule has 0 saturated heterocycles. The predicted octanol–water partition coefficient (Wildman–Crippen LogP) is 4.35. The summed E-state index contributed by atoms with van der Waals surface area (Å²) in [5.41, 5.74) is 3.89. The molecular formula is C23H24ClN5O. The zero-order valence-corrected chi connectivity index (χ0v) is 18.0. The van der Waals surface area contributed by atoms with Crippen molar-refractivity contribution in [1.29, 1.82) is 0 Å². The number of rotatable bonds is 5. The summed E-state index contributed by atoms with van der Waals surface area (Å²) in [5.74, 6) is 0. The average molecular weight is 422 g/mol. The van der Waals surface area contributed by atoms with Gasteiger partial charge >= 0.3 is 0 Å². The van der Waals surface area contributed by atoms with Crippen LogP contribution in [0, 0.1) is 0 Å². The molecule has 0 radical (unpaired) electrons. The van der Waals surface area contributed by atoms with Gasteiger partial charge in [-0.3, -0.25) is 9.78 Å². The summed E-state index contributed by atoms with van der Waals surface area (Å²) < 4.78 is 1.78. The molecule has 4 aromatic rings. The first-order valence-corrected chi connectivity index (χ1v) is 10.2. The number of aromatic amines is 1.